The summed E-state index contributed by atoms with van der Waals surface area (Å²) in [4.78, 5) is 44.2. The van der Waals surface area contributed by atoms with Crippen LogP contribution in [-0.2, 0) is 9.59 Å². The highest BCUT2D eigenvalue weighted by Crippen LogP contribution is 2.42. The van der Waals surface area contributed by atoms with Crippen LogP contribution in [0.15, 0.2) is 76.5 Å². The molecule has 0 radical (unpaired) electrons. The van der Waals surface area contributed by atoms with E-state index in [4.69, 9.17) is 0 Å². The first kappa shape index (κ1) is 23.2. The van der Waals surface area contributed by atoms with Gasteiger partial charge in [0.1, 0.15) is 0 Å². The zero-order valence-electron chi connectivity index (χ0n) is 19.8. The third kappa shape index (κ3) is 4.56. The van der Waals surface area contributed by atoms with E-state index in [1.54, 1.807) is 4.90 Å². The minimum Gasteiger partial charge on any atom is -0.326 e. The Hall–Kier alpha value is -3.58. The molecular weight excluding hydrogens is 458 g/mol. The van der Waals surface area contributed by atoms with Crippen LogP contribution in [0.3, 0.4) is 0 Å². The molecule has 0 spiro atoms. The van der Waals surface area contributed by atoms with Crippen LogP contribution in [0.25, 0.3) is 0 Å². The van der Waals surface area contributed by atoms with Gasteiger partial charge in [-0.3, -0.25) is 14.4 Å². The number of nitrogens with one attached hydrogen (secondary N) is 1. The van der Waals surface area contributed by atoms with Crippen LogP contribution in [-0.4, -0.2) is 30.8 Å². The van der Waals surface area contributed by atoms with Crippen molar-refractivity contribution in [1.29, 1.82) is 0 Å². The van der Waals surface area contributed by atoms with E-state index in [0.717, 1.165) is 33.2 Å². The van der Waals surface area contributed by atoms with Gasteiger partial charge in [0.05, 0.1) is 17.2 Å². The molecule has 0 aliphatic carbocycles. The summed E-state index contributed by atoms with van der Waals surface area (Å²) in [7, 11) is 0. The van der Waals surface area contributed by atoms with Gasteiger partial charge in [-0.1, -0.05) is 48.5 Å². The second-order valence-electron chi connectivity index (χ2n) is 8.97. The van der Waals surface area contributed by atoms with Crippen LogP contribution >= 0.6 is 11.8 Å². The molecule has 2 aliphatic rings. The summed E-state index contributed by atoms with van der Waals surface area (Å²) in [5.41, 5.74) is 4.13. The van der Waals surface area contributed by atoms with E-state index in [0.29, 0.717) is 24.3 Å². The molecule has 0 unspecified atom stereocenters. The third-order valence-corrected chi connectivity index (χ3v) is 7.51. The fraction of sp³-hybridized carbons (Fsp3) is 0.250. The van der Waals surface area contributed by atoms with Gasteiger partial charge < -0.3 is 15.1 Å². The largest absolute Gasteiger partial charge is 0.326 e. The number of carbonyl (C=O) groups excluding carboxylic acids is 3. The Kier molecular flexibility index (Phi) is 6.34. The Bertz CT molecular complexity index is 1310. The van der Waals surface area contributed by atoms with Crippen molar-refractivity contribution < 1.29 is 14.4 Å². The fourth-order valence-electron chi connectivity index (χ4n) is 4.55. The number of hydrogen-bond donors (Lipinski definition) is 1. The molecule has 0 saturated carbocycles. The zero-order valence-corrected chi connectivity index (χ0v) is 20.6. The Morgan fingerprint density at radius 1 is 1.03 bits per heavy atom. The predicted octanol–water partition coefficient (Wildman–Crippen LogP) is 5.51. The second kappa shape index (κ2) is 9.58. The van der Waals surface area contributed by atoms with Crippen molar-refractivity contribution in [2.75, 3.05) is 28.2 Å². The average Bonchev–Trinajstić information content (AvgIpc) is 3.20. The molecule has 3 aromatic carbocycles. The van der Waals surface area contributed by atoms with Gasteiger partial charge >= 0.3 is 0 Å². The molecule has 1 saturated heterocycles. The van der Waals surface area contributed by atoms with Gasteiger partial charge in [-0.15, -0.1) is 0 Å². The van der Waals surface area contributed by atoms with E-state index in [9.17, 15) is 14.4 Å². The molecule has 1 fully saturated rings. The fourth-order valence-corrected chi connectivity index (χ4v) is 5.67. The number of nitrogens with zero attached hydrogens (tertiary/aromatic N) is 2. The second-order valence-corrected chi connectivity index (χ2v) is 10.1. The van der Waals surface area contributed by atoms with E-state index >= 15 is 0 Å². The maximum absolute atomic E-state index is 13.2. The lowest BCUT2D eigenvalue weighted by atomic mass is 10.1. The Morgan fingerprint density at radius 3 is 2.57 bits per heavy atom. The SMILES string of the molecule is CCCN1C(=O)c2ccccc2Sc2cc(NC(=O)[C@H]3CC(=O)N(c4ccc(C)cc4)C3)ccc21. The molecule has 1 N–H and O–H groups in total. The van der Waals surface area contributed by atoms with E-state index in [2.05, 4.69) is 5.32 Å². The summed E-state index contributed by atoms with van der Waals surface area (Å²) in [6.07, 6.45) is 1.02. The van der Waals surface area contributed by atoms with Crippen molar-refractivity contribution in [1.82, 2.24) is 0 Å². The molecule has 1 atom stereocenters. The Labute approximate surface area is 209 Å². The highest BCUT2D eigenvalue weighted by Gasteiger charge is 2.35. The topological polar surface area (TPSA) is 69.7 Å². The lowest BCUT2D eigenvalue weighted by Crippen LogP contribution is -2.31. The van der Waals surface area contributed by atoms with Crippen LogP contribution in [0, 0.1) is 12.8 Å². The summed E-state index contributed by atoms with van der Waals surface area (Å²) in [6, 6.07) is 21.0. The first-order valence-electron chi connectivity index (χ1n) is 11.9. The number of fused-ring (bicyclic) bond motifs is 2. The highest BCUT2D eigenvalue weighted by molar-refractivity contribution is 7.99. The molecule has 0 aromatic heterocycles. The van der Waals surface area contributed by atoms with Crippen molar-refractivity contribution in [3.8, 4) is 0 Å². The minimum absolute atomic E-state index is 0.00819. The van der Waals surface area contributed by atoms with Crippen LogP contribution < -0.4 is 15.1 Å². The van der Waals surface area contributed by atoms with Crippen molar-refractivity contribution >= 4 is 46.5 Å². The Balaban J connectivity index is 1.36. The van der Waals surface area contributed by atoms with Gasteiger partial charge in [-0.2, -0.15) is 0 Å². The maximum Gasteiger partial charge on any atom is 0.259 e. The predicted molar refractivity (Wildman–Crippen MR) is 139 cm³/mol. The summed E-state index contributed by atoms with van der Waals surface area (Å²) < 4.78 is 0. The molecule has 7 heteroatoms. The molecule has 178 valence electrons. The molecule has 35 heavy (non-hydrogen) atoms. The quantitative estimate of drug-likeness (QED) is 0.518. The lowest BCUT2D eigenvalue weighted by Gasteiger charge is -2.23. The zero-order chi connectivity index (χ0) is 24.5. The van der Waals surface area contributed by atoms with Crippen molar-refractivity contribution in [2.24, 2.45) is 5.92 Å². The number of hydrogen-bond acceptors (Lipinski definition) is 4. The van der Waals surface area contributed by atoms with Gasteiger partial charge in [0.2, 0.25) is 11.8 Å². The van der Waals surface area contributed by atoms with Crippen molar-refractivity contribution in [2.45, 2.75) is 36.5 Å². The molecule has 3 amide bonds. The smallest absolute Gasteiger partial charge is 0.259 e. The standard InChI is InChI=1S/C28H27N3O3S/c1-3-14-30-23-13-10-20(16-25(23)35-24-7-5-4-6-22(24)28(30)34)29-27(33)19-15-26(32)31(17-19)21-11-8-18(2)9-12-21/h4-13,16,19H,3,14-15,17H2,1-2H3,(H,29,33)/t19-/m0/s1. The van der Waals surface area contributed by atoms with Crippen LogP contribution in [0.4, 0.5) is 17.1 Å². The Morgan fingerprint density at radius 2 is 1.80 bits per heavy atom. The number of benzene rings is 3. The number of aryl methyl sites for hydroxylation is 1. The van der Waals surface area contributed by atoms with E-state index in [1.165, 1.54) is 11.8 Å². The van der Waals surface area contributed by atoms with Crippen LogP contribution in [0.5, 0.6) is 0 Å². The highest BCUT2D eigenvalue weighted by atomic mass is 32.2. The van der Waals surface area contributed by atoms with E-state index in [1.807, 2.05) is 85.5 Å². The monoisotopic (exact) mass is 485 g/mol. The molecule has 3 aromatic rings. The number of anilines is 3. The summed E-state index contributed by atoms with van der Waals surface area (Å²) in [5, 5.41) is 3.00. The number of rotatable bonds is 5. The van der Waals surface area contributed by atoms with Crippen LogP contribution in [0.2, 0.25) is 0 Å². The van der Waals surface area contributed by atoms with Gasteiger partial charge in [0.15, 0.2) is 0 Å². The minimum atomic E-state index is -0.422. The van der Waals surface area contributed by atoms with Gasteiger partial charge in [0.25, 0.3) is 5.91 Å². The van der Waals surface area contributed by atoms with E-state index in [-0.39, 0.29) is 24.1 Å². The third-order valence-electron chi connectivity index (χ3n) is 6.39. The summed E-state index contributed by atoms with van der Waals surface area (Å²) >= 11 is 1.53. The normalized spacial score (nSPS) is 17.1. The number of carbonyl (C=O) groups is 3. The number of amides is 3. The van der Waals surface area contributed by atoms with Crippen molar-refractivity contribution in [3.63, 3.8) is 0 Å². The lowest BCUT2D eigenvalue weighted by molar-refractivity contribution is -0.122. The van der Waals surface area contributed by atoms with E-state index < -0.39 is 5.92 Å². The molecule has 2 aliphatic heterocycles. The maximum atomic E-state index is 13.2. The first-order valence-corrected chi connectivity index (χ1v) is 12.7. The summed E-state index contributed by atoms with van der Waals surface area (Å²) in [5.74, 6) is -0.648. The van der Waals surface area contributed by atoms with Crippen molar-refractivity contribution in [3.05, 3.63) is 77.9 Å². The molecular formula is C28H27N3O3S. The van der Waals surface area contributed by atoms with Gasteiger partial charge in [-0.05, 0) is 55.8 Å². The first-order chi connectivity index (χ1) is 16.9. The molecule has 0 bridgehead atoms. The van der Waals surface area contributed by atoms with Gasteiger partial charge in [0, 0.05) is 40.7 Å². The molecule has 5 rings (SSSR count). The van der Waals surface area contributed by atoms with Gasteiger partial charge in [-0.25, -0.2) is 0 Å². The van der Waals surface area contributed by atoms with Crippen LogP contribution in [0.1, 0.15) is 35.7 Å². The molecule has 2 heterocycles. The molecule has 6 nitrogen and oxygen atoms in total. The summed E-state index contributed by atoms with van der Waals surface area (Å²) in [6.45, 7) is 5.03. The average molecular weight is 486 g/mol.